The standard InChI is InChI=1S/C10H13N/c1-11-3-2-7-4-8-5-9(8)6-10(7)11/h4,6,8-9H,2-3,5H2,1H3. The smallest absolute Gasteiger partial charge is 0.0356 e. The van der Waals surface area contributed by atoms with Crippen LogP contribution < -0.4 is 0 Å². The summed E-state index contributed by atoms with van der Waals surface area (Å²) in [4.78, 5) is 2.39. The van der Waals surface area contributed by atoms with Crippen molar-refractivity contribution < 1.29 is 0 Å². The summed E-state index contributed by atoms with van der Waals surface area (Å²) in [6, 6.07) is 0. The molecule has 0 bridgehead atoms. The molecule has 3 aliphatic rings. The van der Waals surface area contributed by atoms with Crippen LogP contribution in [0.1, 0.15) is 12.8 Å². The summed E-state index contributed by atoms with van der Waals surface area (Å²) in [6.45, 7) is 1.23. The van der Waals surface area contributed by atoms with Crippen molar-refractivity contribution in [3.8, 4) is 0 Å². The van der Waals surface area contributed by atoms with Crippen molar-refractivity contribution >= 4 is 0 Å². The van der Waals surface area contributed by atoms with E-state index in [4.69, 9.17) is 0 Å². The maximum atomic E-state index is 2.50. The quantitative estimate of drug-likeness (QED) is 0.505. The molecule has 1 aliphatic heterocycles. The minimum atomic E-state index is 0.911. The second-order valence-electron chi connectivity index (χ2n) is 3.98. The van der Waals surface area contributed by atoms with Gasteiger partial charge in [-0.1, -0.05) is 12.2 Å². The lowest BCUT2D eigenvalue weighted by Crippen LogP contribution is -2.11. The Balaban J connectivity index is 2.04. The molecule has 58 valence electrons. The van der Waals surface area contributed by atoms with Gasteiger partial charge in [0.25, 0.3) is 0 Å². The van der Waals surface area contributed by atoms with Gasteiger partial charge in [0.05, 0.1) is 0 Å². The predicted molar refractivity (Wildman–Crippen MR) is 45.0 cm³/mol. The minimum Gasteiger partial charge on any atom is -0.374 e. The third kappa shape index (κ3) is 0.712. The van der Waals surface area contributed by atoms with E-state index in [-0.39, 0.29) is 0 Å². The van der Waals surface area contributed by atoms with Crippen LogP contribution in [0.2, 0.25) is 0 Å². The van der Waals surface area contributed by atoms with Gasteiger partial charge in [0.1, 0.15) is 0 Å². The minimum absolute atomic E-state index is 0.911. The third-order valence-corrected chi connectivity index (χ3v) is 3.14. The molecule has 2 fully saturated rings. The van der Waals surface area contributed by atoms with Crippen LogP contribution in [0.3, 0.4) is 0 Å². The molecule has 0 spiro atoms. The van der Waals surface area contributed by atoms with Gasteiger partial charge < -0.3 is 4.90 Å². The average Bonchev–Trinajstić information content (AvgIpc) is 2.68. The van der Waals surface area contributed by atoms with E-state index >= 15 is 0 Å². The molecule has 0 amide bonds. The van der Waals surface area contributed by atoms with E-state index in [1.807, 2.05) is 0 Å². The van der Waals surface area contributed by atoms with Crippen molar-refractivity contribution in [2.45, 2.75) is 12.8 Å². The first-order valence-electron chi connectivity index (χ1n) is 4.48. The molecule has 2 atom stereocenters. The first kappa shape index (κ1) is 5.87. The molecular formula is C10H13N. The topological polar surface area (TPSA) is 3.24 Å². The number of hydrogen-bond donors (Lipinski definition) is 0. The van der Waals surface area contributed by atoms with E-state index in [9.17, 15) is 0 Å². The van der Waals surface area contributed by atoms with Crippen molar-refractivity contribution in [2.75, 3.05) is 13.6 Å². The van der Waals surface area contributed by atoms with Crippen molar-refractivity contribution in [3.63, 3.8) is 0 Å². The van der Waals surface area contributed by atoms with Gasteiger partial charge in [-0.05, 0) is 30.3 Å². The van der Waals surface area contributed by atoms with Crippen molar-refractivity contribution in [3.05, 3.63) is 23.4 Å². The van der Waals surface area contributed by atoms with E-state index in [1.54, 1.807) is 5.57 Å². The number of allylic oxidation sites excluding steroid dienone is 3. The third-order valence-electron chi connectivity index (χ3n) is 3.14. The largest absolute Gasteiger partial charge is 0.374 e. The zero-order valence-electron chi connectivity index (χ0n) is 6.88. The summed E-state index contributed by atoms with van der Waals surface area (Å²) < 4.78 is 0. The second-order valence-corrected chi connectivity index (χ2v) is 3.98. The first-order chi connectivity index (χ1) is 5.34. The Hall–Kier alpha value is -0.720. The summed E-state index contributed by atoms with van der Waals surface area (Å²) in [6.07, 6.45) is 7.68. The Morgan fingerprint density at radius 2 is 2.18 bits per heavy atom. The molecule has 11 heavy (non-hydrogen) atoms. The highest BCUT2D eigenvalue weighted by Gasteiger charge is 2.39. The number of fused-ring (bicyclic) bond motifs is 2. The van der Waals surface area contributed by atoms with Gasteiger partial charge in [-0.2, -0.15) is 0 Å². The highest BCUT2D eigenvalue weighted by molar-refractivity contribution is 5.41. The Morgan fingerprint density at radius 3 is 3.09 bits per heavy atom. The number of nitrogens with zero attached hydrogens (tertiary/aromatic N) is 1. The molecule has 2 unspecified atom stereocenters. The molecule has 0 aromatic heterocycles. The van der Waals surface area contributed by atoms with Gasteiger partial charge >= 0.3 is 0 Å². The van der Waals surface area contributed by atoms with Crippen LogP contribution in [0.4, 0.5) is 0 Å². The van der Waals surface area contributed by atoms with Crippen LogP contribution in [-0.2, 0) is 0 Å². The van der Waals surface area contributed by atoms with Crippen molar-refractivity contribution in [1.29, 1.82) is 0 Å². The molecule has 1 saturated carbocycles. The van der Waals surface area contributed by atoms with Crippen molar-refractivity contribution in [1.82, 2.24) is 4.90 Å². The van der Waals surface area contributed by atoms with Gasteiger partial charge in [-0.15, -0.1) is 0 Å². The van der Waals surface area contributed by atoms with Crippen LogP contribution in [0.25, 0.3) is 0 Å². The van der Waals surface area contributed by atoms with Gasteiger partial charge in [0.2, 0.25) is 0 Å². The second kappa shape index (κ2) is 1.71. The van der Waals surface area contributed by atoms with Gasteiger partial charge in [-0.25, -0.2) is 0 Å². The lowest BCUT2D eigenvalue weighted by Gasteiger charge is -2.14. The first-order valence-corrected chi connectivity index (χ1v) is 4.48. The number of hydrogen-bond acceptors (Lipinski definition) is 1. The molecule has 2 aliphatic carbocycles. The maximum absolute atomic E-state index is 2.50. The van der Waals surface area contributed by atoms with E-state index in [1.165, 1.54) is 25.1 Å². The SMILES string of the molecule is CN1CCC2=CC3CC3C=C21. The lowest BCUT2D eigenvalue weighted by atomic mass is 10.0. The zero-order chi connectivity index (χ0) is 7.42. The summed E-state index contributed by atoms with van der Waals surface area (Å²) in [5, 5.41) is 0. The van der Waals surface area contributed by atoms with Crippen LogP contribution >= 0.6 is 0 Å². The molecule has 1 heterocycles. The summed E-state index contributed by atoms with van der Waals surface area (Å²) >= 11 is 0. The molecule has 3 rings (SSSR count). The van der Waals surface area contributed by atoms with Gasteiger partial charge in [0.15, 0.2) is 0 Å². The highest BCUT2D eigenvalue weighted by Crippen LogP contribution is 2.48. The van der Waals surface area contributed by atoms with E-state index in [0.29, 0.717) is 0 Å². The van der Waals surface area contributed by atoms with Crippen LogP contribution in [-0.4, -0.2) is 18.5 Å². The Morgan fingerprint density at radius 1 is 1.36 bits per heavy atom. The Labute approximate surface area is 67.4 Å². The maximum Gasteiger partial charge on any atom is 0.0356 e. The molecule has 0 aromatic carbocycles. The van der Waals surface area contributed by atoms with E-state index in [2.05, 4.69) is 24.1 Å². The molecule has 0 N–H and O–H groups in total. The summed E-state index contributed by atoms with van der Waals surface area (Å²) in [7, 11) is 2.20. The van der Waals surface area contributed by atoms with Crippen LogP contribution in [0.15, 0.2) is 23.4 Å². The average molecular weight is 147 g/mol. The van der Waals surface area contributed by atoms with Gasteiger partial charge in [-0.3, -0.25) is 0 Å². The monoisotopic (exact) mass is 147 g/mol. The van der Waals surface area contributed by atoms with Gasteiger partial charge in [0, 0.05) is 19.3 Å². The number of likely N-dealkylation sites (N-methyl/N-ethyl adjacent to an activating group) is 1. The lowest BCUT2D eigenvalue weighted by molar-refractivity contribution is 0.479. The van der Waals surface area contributed by atoms with Crippen LogP contribution in [0, 0.1) is 11.8 Å². The summed E-state index contributed by atoms with van der Waals surface area (Å²) in [5.41, 5.74) is 3.15. The fourth-order valence-corrected chi connectivity index (χ4v) is 2.26. The van der Waals surface area contributed by atoms with E-state index in [0.717, 1.165) is 11.8 Å². The van der Waals surface area contributed by atoms with Crippen molar-refractivity contribution in [2.24, 2.45) is 11.8 Å². The molecule has 1 nitrogen and oxygen atoms in total. The fourth-order valence-electron chi connectivity index (χ4n) is 2.26. The predicted octanol–water partition coefficient (Wildman–Crippen LogP) is 1.78. The highest BCUT2D eigenvalue weighted by atomic mass is 15.1. The normalized spacial score (nSPS) is 39.2. The van der Waals surface area contributed by atoms with Crippen LogP contribution in [0.5, 0.6) is 0 Å². The molecule has 1 saturated heterocycles. The molecular weight excluding hydrogens is 134 g/mol. The number of likely N-dealkylation sites (tertiary alicyclic amines) is 1. The molecule has 0 aromatic rings. The summed E-state index contributed by atoms with van der Waals surface area (Å²) in [5.74, 6) is 1.84. The zero-order valence-corrected chi connectivity index (χ0v) is 6.88. The molecule has 1 heteroatoms. The Kier molecular flexibility index (Phi) is 0.913. The Bertz CT molecular complexity index is 262. The van der Waals surface area contributed by atoms with E-state index < -0.39 is 0 Å². The fraction of sp³-hybridized carbons (Fsp3) is 0.600. The molecule has 0 radical (unpaired) electrons. The number of rotatable bonds is 0.